The molecule has 13 heteroatoms. The Morgan fingerprint density at radius 1 is 1.06 bits per heavy atom. The fraction of sp³-hybridized carbons (Fsp3) is 0.333. The molecular weight excluding hydrogens is 495 g/mol. The lowest BCUT2D eigenvalue weighted by molar-refractivity contribution is -0.384. The van der Waals surface area contributed by atoms with E-state index in [-0.39, 0.29) is 34.1 Å². The highest BCUT2D eigenvalue weighted by Gasteiger charge is 2.28. The summed E-state index contributed by atoms with van der Waals surface area (Å²) < 4.78 is 20.9. The van der Waals surface area contributed by atoms with Crippen molar-refractivity contribution in [2.24, 2.45) is 0 Å². The van der Waals surface area contributed by atoms with Crippen molar-refractivity contribution in [1.29, 1.82) is 0 Å². The molecule has 0 aromatic heterocycles. The molecule has 0 spiro atoms. The van der Waals surface area contributed by atoms with Gasteiger partial charge in [0.2, 0.25) is 5.75 Å². The molecule has 0 aliphatic heterocycles. The lowest BCUT2D eigenvalue weighted by Crippen LogP contribution is -2.45. The van der Waals surface area contributed by atoms with Crippen molar-refractivity contribution >= 4 is 40.8 Å². The second-order valence-corrected chi connectivity index (χ2v) is 7.82. The highest BCUT2D eigenvalue weighted by atomic mass is 35.5. The van der Waals surface area contributed by atoms with Gasteiger partial charge in [-0.05, 0) is 29.8 Å². The van der Waals surface area contributed by atoms with Crippen molar-refractivity contribution in [3.8, 4) is 17.2 Å². The maximum Gasteiger partial charge on any atom is 0.338 e. The Balaban J connectivity index is 2.25. The standard InChI is InChI=1S/C21H22Cl2N2O9/c1-31-15-8-12(9-16(32-2)18(15)33-3)21(28)34-10-14(24-20(27)19(22)23)17(26)11-4-6-13(7-5-11)25(29)30/h4-9,14,17,19,26H,10H2,1-3H3,(H,24,27)/t14-,17+/m0/s1. The lowest BCUT2D eigenvalue weighted by atomic mass is 10.0. The van der Waals surface area contributed by atoms with Gasteiger partial charge < -0.3 is 29.4 Å². The molecule has 0 radical (unpaired) electrons. The van der Waals surface area contributed by atoms with Crippen molar-refractivity contribution in [3.63, 3.8) is 0 Å². The fourth-order valence-electron chi connectivity index (χ4n) is 2.93. The number of rotatable bonds is 11. The molecule has 11 nitrogen and oxygen atoms in total. The van der Waals surface area contributed by atoms with E-state index in [1.807, 2.05) is 0 Å². The molecule has 0 aliphatic carbocycles. The normalized spacial score (nSPS) is 12.4. The molecule has 2 aromatic carbocycles. The van der Waals surface area contributed by atoms with Gasteiger partial charge in [0.1, 0.15) is 12.7 Å². The summed E-state index contributed by atoms with van der Waals surface area (Å²) in [5.74, 6) is -0.940. The van der Waals surface area contributed by atoms with E-state index >= 15 is 0 Å². The van der Waals surface area contributed by atoms with Crippen LogP contribution in [0.3, 0.4) is 0 Å². The summed E-state index contributed by atoms with van der Waals surface area (Å²) >= 11 is 11.2. The summed E-state index contributed by atoms with van der Waals surface area (Å²) in [6, 6.07) is 6.55. The van der Waals surface area contributed by atoms with Crippen LogP contribution in [0.25, 0.3) is 0 Å². The molecule has 0 saturated carbocycles. The van der Waals surface area contributed by atoms with E-state index in [4.69, 9.17) is 42.1 Å². The molecule has 0 unspecified atom stereocenters. The molecule has 0 fully saturated rings. The molecule has 0 heterocycles. The number of ether oxygens (including phenoxy) is 4. The van der Waals surface area contributed by atoms with Crippen molar-refractivity contribution in [2.45, 2.75) is 17.0 Å². The van der Waals surface area contributed by atoms with E-state index in [1.54, 1.807) is 0 Å². The molecule has 2 aromatic rings. The molecule has 2 rings (SSSR count). The van der Waals surface area contributed by atoms with Crippen LogP contribution < -0.4 is 19.5 Å². The number of benzene rings is 2. The molecular formula is C21H22Cl2N2O9. The van der Waals surface area contributed by atoms with Gasteiger partial charge in [-0.25, -0.2) is 4.79 Å². The van der Waals surface area contributed by atoms with E-state index in [0.717, 1.165) is 0 Å². The number of hydrogen-bond donors (Lipinski definition) is 2. The van der Waals surface area contributed by atoms with Crippen LogP contribution >= 0.6 is 23.2 Å². The maximum absolute atomic E-state index is 12.7. The van der Waals surface area contributed by atoms with E-state index in [1.165, 1.54) is 57.7 Å². The first kappa shape index (κ1) is 27.0. The Bertz CT molecular complexity index is 1010. The monoisotopic (exact) mass is 516 g/mol. The van der Waals surface area contributed by atoms with Gasteiger partial charge in [-0.1, -0.05) is 23.2 Å². The van der Waals surface area contributed by atoms with Crippen molar-refractivity contribution < 1.29 is 38.6 Å². The average Bonchev–Trinajstić information content (AvgIpc) is 2.84. The van der Waals surface area contributed by atoms with Gasteiger partial charge in [0.15, 0.2) is 16.3 Å². The number of aliphatic hydroxyl groups excluding tert-OH is 1. The Morgan fingerprint density at radius 3 is 2.06 bits per heavy atom. The molecule has 34 heavy (non-hydrogen) atoms. The largest absolute Gasteiger partial charge is 0.493 e. The smallest absolute Gasteiger partial charge is 0.338 e. The predicted octanol–water partition coefficient (Wildman–Crippen LogP) is 2.80. The number of hydrogen-bond acceptors (Lipinski definition) is 9. The number of alkyl halides is 2. The zero-order valence-electron chi connectivity index (χ0n) is 18.3. The number of esters is 1. The number of methoxy groups -OCH3 is 3. The molecule has 1 amide bonds. The third-order valence-electron chi connectivity index (χ3n) is 4.65. The van der Waals surface area contributed by atoms with Gasteiger partial charge in [0.25, 0.3) is 11.6 Å². The Morgan fingerprint density at radius 2 is 1.62 bits per heavy atom. The minimum absolute atomic E-state index is 0.0527. The molecule has 0 bridgehead atoms. The molecule has 2 N–H and O–H groups in total. The number of aliphatic hydroxyl groups is 1. The second-order valence-electron chi connectivity index (χ2n) is 6.72. The van der Waals surface area contributed by atoms with Crippen LogP contribution in [0.2, 0.25) is 0 Å². The Labute approximate surface area is 204 Å². The topological polar surface area (TPSA) is 146 Å². The molecule has 0 saturated heterocycles. The van der Waals surface area contributed by atoms with Crippen LogP contribution in [-0.2, 0) is 9.53 Å². The summed E-state index contributed by atoms with van der Waals surface area (Å²) in [6.07, 6.45) is -1.41. The van der Waals surface area contributed by atoms with Gasteiger partial charge in [-0.3, -0.25) is 14.9 Å². The Hall–Kier alpha value is -3.28. The van der Waals surface area contributed by atoms with Crippen LogP contribution in [-0.4, -0.2) is 60.7 Å². The van der Waals surface area contributed by atoms with Gasteiger partial charge in [-0.15, -0.1) is 0 Å². The lowest BCUT2D eigenvalue weighted by Gasteiger charge is -2.24. The van der Waals surface area contributed by atoms with Gasteiger partial charge in [0.05, 0.1) is 37.9 Å². The van der Waals surface area contributed by atoms with Crippen LogP contribution in [0.15, 0.2) is 36.4 Å². The van der Waals surface area contributed by atoms with E-state index in [0.29, 0.717) is 0 Å². The maximum atomic E-state index is 12.7. The fourth-order valence-corrected chi connectivity index (χ4v) is 3.06. The zero-order chi connectivity index (χ0) is 25.4. The zero-order valence-corrected chi connectivity index (χ0v) is 19.8. The summed E-state index contributed by atoms with van der Waals surface area (Å²) in [6.45, 7) is -0.486. The highest BCUT2D eigenvalue weighted by molar-refractivity contribution is 6.53. The first-order valence-electron chi connectivity index (χ1n) is 9.61. The number of non-ortho nitro benzene ring substituents is 1. The number of halogens is 2. The first-order valence-corrected chi connectivity index (χ1v) is 10.5. The average molecular weight is 517 g/mol. The number of nitro benzene ring substituents is 1. The van der Waals surface area contributed by atoms with Crippen molar-refractivity contribution in [1.82, 2.24) is 5.32 Å². The summed E-state index contributed by atoms with van der Waals surface area (Å²) in [7, 11) is 4.17. The van der Waals surface area contributed by atoms with Crippen LogP contribution in [0.5, 0.6) is 17.2 Å². The van der Waals surface area contributed by atoms with Crippen molar-refractivity contribution in [3.05, 3.63) is 57.6 Å². The van der Waals surface area contributed by atoms with E-state index in [2.05, 4.69) is 5.32 Å². The SMILES string of the molecule is COc1cc(C(=O)OC[C@H](NC(=O)C(Cl)Cl)[C@H](O)c2ccc([N+](=O)[O-])cc2)cc(OC)c1OC. The third kappa shape index (κ3) is 6.62. The summed E-state index contributed by atoms with van der Waals surface area (Å²) in [4.78, 5) is 33.5. The second kappa shape index (κ2) is 12.3. The molecule has 2 atom stereocenters. The van der Waals surface area contributed by atoms with Crippen molar-refractivity contribution in [2.75, 3.05) is 27.9 Å². The number of nitrogens with zero attached hydrogens (tertiary/aromatic N) is 1. The van der Waals surface area contributed by atoms with Gasteiger partial charge in [0, 0.05) is 12.1 Å². The first-order chi connectivity index (χ1) is 16.1. The third-order valence-corrected chi connectivity index (χ3v) is 5.04. The van der Waals surface area contributed by atoms with E-state index < -0.39 is 40.4 Å². The highest BCUT2D eigenvalue weighted by Crippen LogP contribution is 2.38. The van der Waals surface area contributed by atoms with Crippen LogP contribution in [0, 0.1) is 10.1 Å². The predicted molar refractivity (Wildman–Crippen MR) is 122 cm³/mol. The van der Waals surface area contributed by atoms with Gasteiger partial charge in [-0.2, -0.15) is 0 Å². The number of carbonyl (C=O) groups excluding carboxylic acids is 2. The number of carbonyl (C=O) groups is 2. The van der Waals surface area contributed by atoms with Crippen LogP contribution in [0.1, 0.15) is 22.0 Å². The minimum Gasteiger partial charge on any atom is -0.493 e. The number of nitrogens with one attached hydrogen (secondary N) is 1. The Kier molecular flexibility index (Phi) is 9.72. The number of nitro groups is 1. The molecule has 0 aliphatic rings. The van der Waals surface area contributed by atoms with E-state index in [9.17, 15) is 24.8 Å². The van der Waals surface area contributed by atoms with Gasteiger partial charge >= 0.3 is 5.97 Å². The summed E-state index contributed by atoms with van der Waals surface area (Å²) in [5, 5.41) is 24.0. The van der Waals surface area contributed by atoms with Crippen LogP contribution in [0.4, 0.5) is 5.69 Å². The summed E-state index contributed by atoms with van der Waals surface area (Å²) in [5.41, 5.74) is 0.0874. The molecule has 184 valence electrons. The minimum atomic E-state index is -1.45. The number of amides is 1. The quantitative estimate of drug-likeness (QED) is 0.199.